The molecule has 0 radical (unpaired) electrons. The summed E-state index contributed by atoms with van der Waals surface area (Å²) in [5.41, 5.74) is 1.01. The predicted octanol–water partition coefficient (Wildman–Crippen LogP) is 3.12. The first kappa shape index (κ1) is 20.0. The highest BCUT2D eigenvalue weighted by atomic mass is 19.1. The molecule has 29 heavy (non-hydrogen) atoms. The van der Waals surface area contributed by atoms with E-state index < -0.39 is 4.92 Å². The number of anilines is 1. The maximum atomic E-state index is 12.9. The van der Waals surface area contributed by atoms with E-state index in [0.29, 0.717) is 37.4 Å². The van der Waals surface area contributed by atoms with Crippen LogP contribution in [-0.4, -0.2) is 52.8 Å². The van der Waals surface area contributed by atoms with Gasteiger partial charge in [0.1, 0.15) is 5.82 Å². The molecule has 0 bridgehead atoms. The summed E-state index contributed by atoms with van der Waals surface area (Å²) in [6.45, 7) is 1.47. The number of nitro groups is 1. The number of piperazine rings is 1. The van der Waals surface area contributed by atoms with Crippen LogP contribution in [0.4, 0.5) is 20.6 Å². The molecule has 1 heterocycles. The van der Waals surface area contributed by atoms with E-state index in [1.165, 1.54) is 48.6 Å². The summed E-state index contributed by atoms with van der Waals surface area (Å²) < 4.78 is 12.9. The second-order valence-corrected chi connectivity index (χ2v) is 6.43. The highest BCUT2D eigenvalue weighted by molar-refractivity contribution is 5.92. The Morgan fingerprint density at radius 1 is 1.03 bits per heavy atom. The molecular formula is C20H19FN4O4. The van der Waals surface area contributed by atoms with Crippen molar-refractivity contribution in [3.05, 3.63) is 76.1 Å². The van der Waals surface area contributed by atoms with Crippen LogP contribution in [0.25, 0.3) is 6.08 Å². The van der Waals surface area contributed by atoms with Gasteiger partial charge in [0.25, 0.3) is 5.69 Å². The second kappa shape index (κ2) is 8.96. The second-order valence-electron chi connectivity index (χ2n) is 6.43. The first-order chi connectivity index (χ1) is 13.9. The maximum absolute atomic E-state index is 12.9. The molecule has 9 heteroatoms. The summed E-state index contributed by atoms with van der Waals surface area (Å²) in [7, 11) is 0. The lowest BCUT2D eigenvalue weighted by Gasteiger charge is -2.34. The van der Waals surface area contributed by atoms with Crippen molar-refractivity contribution in [1.29, 1.82) is 0 Å². The van der Waals surface area contributed by atoms with Crippen LogP contribution in [0.3, 0.4) is 0 Å². The maximum Gasteiger partial charge on any atom is 0.321 e. The van der Waals surface area contributed by atoms with Crippen molar-refractivity contribution in [1.82, 2.24) is 9.80 Å². The van der Waals surface area contributed by atoms with Crippen molar-refractivity contribution in [3.63, 3.8) is 0 Å². The van der Waals surface area contributed by atoms with E-state index in [-0.39, 0.29) is 23.4 Å². The molecule has 0 unspecified atom stereocenters. The van der Waals surface area contributed by atoms with E-state index >= 15 is 0 Å². The number of carbonyl (C=O) groups excluding carboxylic acids is 2. The average molecular weight is 398 g/mol. The minimum Gasteiger partial charge on any atom is -0.336 e. The van der Waals surface area contributed by atoms with Gasteiger partial charge >= 0.3 is 6.03 Å². The van der Waals surface area contributed by atoms with Gasteiger partial charge in [0.05, 0.1) is 4.92 Å². The first-order valence-electron chi connectivity index (χ1n) is 8.95. The Labute approximate surface area is 166 Å². The van der Waals surface area contributed by atoms with E-state index in [1.54, 1.807) is 21.9 Å². The molecule has 8 nitrogen and oxygen atoms in total. The topological polar surface area (TPSA) is 95.8 Å². The molecule has 0 aliphatic carbocycles. The van der Waals surface area contributed by atoms with Crippen molar-refractivity contribution in [3.8, 4) is 0 Å². The van der Waals surface area contributed by atoms with E-state index in [4.69, 9.17) is 0 Å². The molecule has 0 spiro atoms. The van der Waals surface area contributed by atoms with Gasteiger partial charge in [0.2, 0.25) is 5.91 Å². The Balaban J connectivity index is 1.51. The Morgan fingerprint density at radius 2 is 1.69 bits per heavy atom. The van der Waals surface area contributed by atoms with Crippen LogP contribution in [0.1, 0.15) is 5.56 Å². The van der Waals surface area contributed by atoms with E-state index in [2.05, 4.69) is 5.32 Å². The Bertz CT molecular complexity index is 938. The number of urea groups is 1. The number of halogens is 1. The van der Waals surface area contributed by atoms with Gasteiger partial charge < -0.3 is 15.1 Å². The molecule has 1 N–H and O–H groups in total. The van der Waals surface area contributed by atoms with Crippen molar-refractivity contribution >= 4 is 29.4 Å². The van der Waals surface area contributed by atoms with Crippen molar-refractivity contribution in [2.24, 2.45) is 0 Å². The van der Waals surface area contributed by atoms with Gasteiger partial charge in [-0.3, -0.25) is 14.9 Å². The number of rotatable bonds is 4. The number of nitrogens with zero attached hydrogens (tertiary/aromatic N) is 3. The molecule has 0 atom stereocenters. The zero-order valence-electron chi connectivity index (χ0n) is 15.5. The largest absolute Gasteiger partial charge is 0.336 e. The van der Waals surface area contributed by atoms with E-state index in [0.717, 1.165) is 0 Å². The van der Waals surface area contributed by atoms with Gasteiger partial charge in [-0.2, -0.15) is 0 Å². The van der Waals surface area contributed by atoms with Crippen LogP contribution >= 0.6 is 0 Å². The smallest absolute Gasteiger partial charge is 0.321 e. The van der Waals surface area contributed by atoms with Gasteiger partial charge in [-0.25, -0.2) is 9.18 Å². The molecule has 1 aliphatic rings. The summed E-state index contributed by atoms with van der Waals surface area (Å²) in [6.07, 6.45) is 2.90. The number of carbonyl (C=O) groups is 2. The third kappa shape index (κ3) is 5.38. The number of amides is 3. The lowest BCUT2D eigenvalue weighted by atomic mass is 10.2. The van der Waals surface area contributed by atoms with Gasteiger partial charge in [-0.05, 0) is 35.9 Å². The Hall–Kier alpha value is -3.75. The zero-order chi connectivity index (χ0) is 20.8. The third-order valence-corrected chi connectivity index (χ3v) is 4.47. The van der Waals surface area contributed by atoms with Gasteiger partial charge in [-0.1, -0.05) is 12.1 Å². The van der Waals surface area contributed by atoms with Crippen molar-refractivity contribution < 1.29 is 18.9 Å². The molecule has 0 saturated carbocycles. The zero-order valence-corrected chi connectivity index (χ0v) is 15.5. The number of hydrogen-bond donors (Lipinski definition) is 1. The van der Waals surface area contributed by atoms with Crippen LogP contribution in [0.2, 0.25) is 0 Å². The number of benzene rings is 2. The molecule has 3 amide bonds. The normalized spacial score (nSPS) is 14.1. The molecule has 3 rings (SSSR count). The third-order valence-electron chi connectivity index (χ3n) is 4.47. The monoisotopic (exact) mass is 398 g/mol. The predicted molar refractivity (Wildman–Crippen MR) is 106 cm³/mol. The fourth-order valence-electron chi connectivity index (χ4n) is 2.88. The average Bonchev–Trinajstić information content (AvgIpc) is 2.74. The molecule has 0 aromatic heterocycles. The van der Waals surface area contributed by atoms with Crippen molar-refractivity contribution in [2.45, 2.75) is 0 Å². The molecule has 2 aromatic carbocycles. The minimum absolute atomic E-state index is 0.0413. The molecule has 1 fully saturated rings. The van der Waals surface area contributed by atoms with Crippen LogP contribution in [0.15, 0.2) is 54.6 Å². The van der Waals surface area contributed by atoms with Crippen LogP contribution in [-0.2, 0) is 4.79 Å². The summed E-state index contributed by atoms with van der Waals surface area (Å²) in [6, 6.07) is 11.2. The quantitative estimate of drug-likeness (QED) is 0.486. The molecule has 2 aromatic rings. The summed E-state index contributed by atoms with van der Waals surface area (Å²) >= 11 is 0. The van der Waals surface area contributed by atoms with E-state index in [9.17, 15) is 24.1 Å². The van der Waals surface area contributed by atoms with Gasteiger partial charge in [0, 0.05) is 50.1 Å². The fourth-order valence-corrected chi connectivity index (χ4v) is 2.88. The van der Waals surface area contributed by atoms with Crippen LogP contribution in [0.5, 0.6) is 0 Å². The van der Waals surface area contributed by atoms with Crippen LogP contribution in [0, 0.1) is 15.9 Å². The van der Waals surface area contributed by atoms with Crippen LogP contribution < -0.4 is 5.32 Å². The SMILES string of the molecule is O=C(C=Cc1cccc([N+](=O)[O-])c1)N1CCN(C(=O)Nc2ccc(F)cc2)CC1. The molecular weight excluding hydrogens is 379 g/mol. The first-order valence-corrected chi connectivity index (χ1v) is 8.95. The molecule has 1 saturated heterocycles. The number of hydrogen-bond acceptors (Lipinski definition) is 4. The minimum atomic E-state index is -0.491. The standard InChI is InChI=1S/C20H19FN4O4/c21-16-5-7-17(8-6-16)22-20(27)24-12-10-23(11-13-24)19(26)9-4-15-2-1-3-18(14-15)25(28)29/h1-9,14H,10-13H2,(H,22,27). The highest BCUT2D eigenvalue weighted by Gasteiger charge is 2.23. The summed E-state index contributed by atoms with van der Waals surface area (Å²) in [4.78, 5) is 38.1. The van der Waals surface area contributed by atoms with Crippen molar-refractivity contribution in [2.75, 3.05) is 31.5 Å². The van der Waals surface area contributed by atoms with Gasteiger partial charge in [-0.15, -0.1) is 0 Å². The van der Waals surface area contributed by atoms with E-state index in [1.807, 2.05) is 0 Å². The summed E-state index contributed by atoms with van der Waals surface area (Å²) in [5, 5.41) is 13.5. The fraction of sp³-hybridized carbons (Fsp3) is 0.200. The number of non-ortho nitro benzene ring substituents is 1. The Morgan fingerprint density at radius 3 is 2.34 bits per heavy atom. The number of nitrogens with one attached hydrogen (secondary N) is 1. The Kier molecular flexibility index (Phi) is 6.18. The number of nitro benzene ring substituents is 1. The molecule has 1 aliphatic heterocycles. The molecule has 150 valence electrons. The lowest BCUT2D eigenvalue weighted by molar-refractivity contribution is -0.384. The van der Waals surface area contributed by atoms with Gasteiger partial charge in [0.15, 0.2) is 0 Å². The summed E-state index contributed by atoms with van der Waals surface area (Å²) in [5.74, 6) is -0.608. The lowest BCUT2D eigenvalue weighted by Crippen LogP contribution is -2.51. The highest BCUT2D eigenvalue weighted by Crippen LogP contribution is 2.15.